The van der Waals surface area contributed by atoms with Crippen LogP contribution in [0.1, 0.15) is 36.5 Å². The monoisotopic (exact) mass is 447 g/mol. The first-order valence-corrected chi connectivity index (χ1v) is 11.3. The van der Waals surface area contributed by atoms with E-state index in [1.165, 1.54) is 4.90 Å². The molecule has 172 valence electrons. The number of nitrogens with one attached hydrogen (secondary N) is 1. The van der Waals surface area contributed by atoms with Gasteiger partial charge in [-0.2, -0.15) is 0 Å². The number of nitrogens with zero attached hydrogens (tertiary/aromatic N) is 2. The molecule has 2 aliphatic rings. The Labute approximate surface area is 194 Å². The van der Waals surface area contributed by atoms with Crippen molar-refractivity contribution in [1.29, 1.82) is 0 Å². The van der Waals surface area contributed by atoms with E-state index in [-0.39, 0.29) is 23.9 Å². The Bertz CT molecular complexity index is 1100. The van der Waals surface area contributed by atoms with Crippen LogP contribution >= 0.6 is 0 Å². The van der Waals surface area contributed by atoms with E-state index in [4.69, 9.17) is 4.74 Å². The molecule has 1 saturated heterocycles. The van der Waals surface area contributed by atoms with Crippen LogP contribution < -0.4 is 5.32 Å². The summed E-state index contributed by atoms with van der Waals surface area (Å²) in [5.41, 5.74) is 4.32. The average molecular weight is 448 g/mol. The Morgan fingerprint density at radius 2 is 1.70 bits per heavy atom. The molecule has 7 heteroatoms. The minimum absolute atomic E-state index is 0.271. The van der Waals surface area contributed by atoms with Gasteiger partial charge >= 0.3 is 6.09 Å². The van der Waals surface area contributed by atoms with E-state index >= 15 is 0 Å². The smallest absolute Gasteiger partial charge is 0.409 e. The molecule has 2 aliphatic heterocycles. The summed E-state index contributed by atoms with van der Waals surface area (Å²) in [6.45, 7) is 6.98. The van der Waals surface area contributed by atoms with E-state index < -0.39 is 0 Å². The van der Waals surface area contributed by atoms with E-state index in [1.54, 1.807) is 11.8 Å². The van der Waals surface area contributed by atoms with Crippen LogP contribution in [0.15, 0.2) is 54.2 Å². The molecule has 0 atom stereocenters. The molecular formula is C26H29N3O4. The van der Waals surface area contributed by atoms with E-state index in [0.717, 1.165) is 16.8 Å². The van der Waals surface area contributed by atoms with E-state index in [2.05, 4.69) is 5.32 Å². The lowest BCUT2D eigenvalue weighted by Gasteiger charge is -2.35. The minimum Gasteiger partial charge on any atom is -0.450 e. The molecule has 2 aromatic carbocycles. The van der Waals surface area contributed by atoms with Crippen molar-refractivity contribution >= 4 is 29.2 Å². The van der Waals surface area contributed by atoms with Gasteiger partial charge < -0.3 is 15.0 Å². The summed E-state index contributed by atoms with van der Waals surface area (Å²) in [7, 11) is 0. The number of hydrogen-bond donors (Lipinski definition) is 1. The number of ether oxygens (including phenoxy) is 1. The van der Waals surface area contributed by atoms with Gasteiger partial charge in [-0.15, -0.1) is 0 Å². The lowest BCUT2D eigenvalue weighted by molar-refractivity contribution is -0.140. The number of anilines is 1. The van der Waals surface area contributed by atoms with Gasteiger partial charge in [-0.25, -0.2) is 4.79 Å². The highest BCUT2D eigenvalue weighted by Gasteiger charge is 2.44. The highest BCUT2D eigenvalue weighted by atomic mass is 16.6. The van der Waals surface area contributed by atoms with Gasteiger partial charge in [0, 0.05) is 24.8 Å². The van der Waals surface area contributed by atoms with Gasteiger partial charge in [0.2, 0.25) is 0 Å². The van der Waals surface area contributed by atoms with E-state index in [0.29, 0.717) is 49.4 Å². The first-order chi connectivity index (χ1) is 15.9. The molecular weight excluding hydrogens is 418 g/mol. The summed E-state index contributed by atoms with van der Waals surface area (Å²) in [5, 5.41) is 3.27. The van der Waals surface area contributed by atoms with Crippen molar-refractivity contribution in [2.75, 3.05) is 25.0 Å². The van der Waals surface area contributed by atoms with Gasteiger partial charge in [-0.3, -0.25) is 14.5 Å². The minimum atomic E-state index is -0.351. The van der Waals surface area contributed by atoms with Crippen LogP contribution in [0.2, 0.25) is 0 Å². The lowest BCUT2D eigenvalue weighted by Crippen LogP contribution is -2.49. The van der Waals surface area contributed by atoms with Gasteiger partial charge in [-0.1, -0.05) is 42.5 Å². The number of likely N-dealkylation sites (tertiary alicyclic amines) is 1. The van der Waals surface area contributed by atoms with Crippen LogP contribution in [-0.2, 0) is 14.3 Å². The molecule has 4 rings (SSSR count). The van der Waals surface area contributed by atoms with Crippen molar-refractivity contribution in [3.8, 4) is 0 Å². The molecule has 7 nitrogen and oxygen atoms in total. The van der Waals surface area contributed by atoms with Gasteiger partial charge in [-0.05, 0) is 56.4 Å². The maximum atomic E-state index is 13.6. The third kappa shape index (κ3) is 4.35. The lowest BCUT2D eigenvalue weighted by atomic mass is 10.0. The third-order valence-corrected chi connectivity index (χ3v) is 6.40. The van der Waals surface area contributed by atoms with Crippen molar-refractivity contribution in [3.63, 3.8) is 0 Å². The zero-order valence-corrected chi connectivity index (χ0v) is 19.3. The molecule has 0 aliphatic carbocycles. The Kier molecular flexibility index (Phi) is 6.49. The van der Waals surface area contributed by atoms with Crippen LogP contribution in [-0.4, -0.2) is 53.4 Å². The zero-order chi connectivity index (χ0) is 23.5. The summed E-state index contributed by atoms with van der Waals surface area (Å²) < 4.78 is 5.08. The number of benzene rings is 2. The fourth-order valence-electron chi connectivity index (χ4n) is 4.41. The standard InChI is InChI=1S/C26H29N3O4/c1-4-33-26(32)28-15-13-20(14-16-28)29-24(30)22(19-10-6-5-7-11-19)23(25(29)31)27-21-12-8-9-17(2)18(21)3/h5-12,20,27H,4,13-16H2,1-3H3. The second-order valence-corrected chi connectivity index (χ2v) is 8.39. The first kappa shape index (κ1) is 22.6. The quantitative estimate of drug-likeness (QED) is 0.698. The largest absolute Gasteiger partial charge is 0.450 e. The van der Waals surface area contributed by atoms with E-state index in [1.807, 2.05) is 62.4 Å². The number of aryl methyl sites for hydroxylation is 1. The summed E-state index contributed by atoms with van der Waals surface area (Å²) in [6, 6.07) is 14.9. The van der Waals surface area contributed by atoms with Gasteiger partial charge in [0.25, 0.3) is 11.8 Å². The fraction of sp³-hybridized carbons (Fsp3) is 0.346. The summed E-state index contributed by atoms with van der Waals surface area (Å²) in [4.78, 5) is 42.2. The van der Waals surface area contributed by atoms with Crippen LogP contribution in [0, 0.1) is 13.8 Å². The van der Waals surface area contributed by atoms with Crippen molar-refractivity contribution < 1.29 is 19.1 Å². The Balaban J connectivity index is 1.63. The molecule has 0 unspecified atom stereocenters. The van der Waals surface area contributed by atoms with Crippen LogP contribution in [0.3, 0.4) is 0 Å². The van der Waals surface area contributed by atoms with Crippen molar-refractivity contribution in [1.82, 2.24) is 9.80 Å². The Morgan fingerprint density at radius 1 is 1.00 bits per heavy atom. The molecule has 0 bridgehead atoms. The number of imide groups is 1. The molecule has 0 radical (unpaired) electrons. The van der Waals surface area contributed by atoms with Crippen molar-refractivity contribution in [3.05, 3.63) is 70.9 Å². The van der Waals surface area contributed by atoms with Gasteiger partial charge in [0.05, 0.1) is 12.2 Å². The fourth-order valence-corrected chi connectivity index (χ4v) is 4.41. The topological polar surface area (TPSA) is 79.0 Å². The molecule has 1 N–H and O–H groups in total. The van der Waals surface area contributed by atoms with Gasteiger partial charge in [0.1, 0.15) is 5.70 Å². The first-order valence-electron chi connectivity index (χ1n) is 11.3. The number of piperidine rings is 1. The average Bonchev–Trinajstić information content (AvgIpc) is 3.07. The molecule has 0 spiro atoms. The molecule has 2 aromatic rings. The highest BCUT2D eigenvalue weighted by molar-refractivity contribution is 6.36. The third-order valence-electron chi connectivity index (χ3n) is 6.40. The predicted octanol–water partition coefficient (Wildman–Crippen LogP) is 4.12. The second-order valence-electron chi connectivity index (χ2n) is 8.39. The van der Waals surface area contributed by atoms with Crippen LogP contribution in [0.4, 0.5) is 10.5 Å². The van der Waals surface area contributed by atoms with Crippen LogP contribution in [0.25, 0.3) is 5.57 Å². The number of amides is 3. The summed E-state index contributed by atoms with van der Waals surface area (Å²) in [5.74, 6) is -0.622. The SMILES string of the molecule is CCOC(=O)N1CCC(N2C(=O)C(Nc3cccc(C)c3C)=C(c3ccccc3)C2=O)CC1. The normalized spacial score (nSPS) is 17.1. The summed E-state index contributed by atoms with van der Waals surface area (Å²) >= 11 is 0. The molecule has 0 aromatic heterocycles. The number of carbonyl (C=O) groups is 3. The molecule has 3 amide bonds. The number of rotatable bonds is 5. The van der Waals surface area contributed by atoms with Crippen molar-refractivity contribution in [2.24, 2.45) is 0 Å². The second kappa shape index (κ2) is 9.48. The number of hydrogen-bond acceptors (Lipinski definition) is 5. The number of carbonyl (C=O) groups excluding carboxylic acids is 3. The predicted molar refractivity (Wildman–Crippen MR) is 126 cm³/mol. The van der Waals surface area contributed by atoms with Gasteiger partial charge in [0.15, 0.2) is 0 Å². The van der Waals surface area contributed by atoms with Crippen LogP contribution in [0.5, 0.6) is 0 Å². The molecule has 1 fully saturated rings. The van der Waals surface area contributed by atoms with Crippen molar-refractivity contribution in [2.45, 2.75) is 39.7 Å². The zero-order valence-electron chi connectivity index (χ0n) is 19.3. The maximum absolute atomic E-state index is 13.6. The maximum Gasteiger partial charge on any atom is 0.409 e. The summed E-state index contributed by atoms with van der Waals surface area (Å²) in [6.07, 6.45) is 0.694. The Morgan fingerprint density at radius 3 is 2.36 bits per heavy atom. The molecule has 0 saturated carbocycles. The molecule has 2 heterocycles. The highest BCUT2D eigenvalue weighted by Crippen LogP contribution is 2.34. The molecule has 33 heavy (non-hydrogen) atoms. The Hall–Kier alpha value is -3.61. The van der Waals surface area contributed by atoms with E-state index in [9.17, 15) is 14.4 Å².